The summed E-state index contributed by atoms with van der Waals surface area (Å²) < 4.78 is 0. The maximum Gasteiger partial charge on any atom is 0.142 e. The van der Waals surface area contributed by atoms with Crippen LogP contribution in [0.25, 0.3) is 11.0 Å². The van der Waals surface area contributed by atoms with E-state index in [1.807, 2.05) is 6.20 Å². The number of hydrogen-bond acceptors (Lipinski definition) is 3. The van der Waals surface area contributed by atoms with E-state index >= 15 is 0 Å². The second-order valence-electron chi connectivity index (χ2n) is 5.29. The lowest BCUT2D eigenvalue weighted by atomic mass is 9.92. The first-order valence-corrected chi connectivity index (χ1v) is 6.27. The Hall–Kier alpha value is -1.58. The van der Waals surface area contributed by atoms with Gasteiger partial charge in [0.1, 0.15) is 17.8 Å². The second-order valence-corrected chi connectivity index (χ2v) is 5.29. The summed E-state index contributed by atoms with van der Waals surface area (Å²) in [6.45, 7) is 6.83. The summed E-state index contributed by atoms with van der Waals surface area (Å²) in [5, 5.41) is 1.13. The zero-order valence-electron chi connectivity index (χ0n) is 10.3. The SMILES string of the molecule is CC1CC(C)CN(c2ncnc3[nH]ccc23)C1. The zero-order valence-corrected chi connectivity index (χ0v) is 10.3. The Kier molecular flexibility index (Phi) is 2.50. The van der Waals surface area contributed by atoms with Crippen molar-refractivity contribution in [2.45, 2.75) is 20.3 Å². The first kappa shape index (κ1) is 10.6. The minimum Gasteiger partial charge on any atom is -0.355 e. The molecule has 2 unspecified atom stereocenters. The normalized spacial score (nSPS) is 25.4. The molecule has 0 bridgehead atoms. The maximum atomic E-state index is 4.47. The first-order chi connectivity index (χ1) is 8.24. The van der Waals surface area contributed by atoms with Crippen LogP contribution in [-0.2, 0) is 0 Å². The van der Waals surface area contributed by atoms with E-state index in [1.165, 1.54) is 6.42 Å². The highest BCUT2D eigenvalue weighted by Crippen LogP contribution is 2.28. The van der Waals surface area contributed by atoms with Gasteiger partial charge in [-0.05, 0) is 24.3 Å². The van der Waals surface area contributed by atoms with Crippen LogP contribution in [0.5, 0.6) is 0 Å². The van der Waals surface area contributed by atoms with Crippen molar-refractivity contribution in [1.82, 2.24) is 15.0 Å². The van der Waals surface area contributed by atoms with Gasteiger partial charge in [0.2, 0.25) is 0 Å². The van der Waals surface area contributed by atoms with Gasteiger partial charge in [-0.3, -0.25) is 0 Å². The fourth-order valence-corrected chi connectivity index (χ4v) is 2.95. The molecule has 17 heavy (non-hydrogen) atoms. The average molecular weight is 230 g/mol. The number of aromatic nitrogens is 3. The molecule has 0 amide bonds. The Morgan fingerprint density at radius 2 is 2.00 bits per heavy atom. The van der Waals surface area contributed by atoms with E-state index < -0.39 is 0 Å². The minimum atomic E-state index is 0.739. The molecule has 2 aromatic heterocycles. The molecule has 90 valence electrons. The van der Waals surface area contributed by atoms with Crippen LogP contribution < -0.4 is 4.90 Å². The number of hydrogen-bond donors (Lipinski definition) is 1. The smallest absolute Gasteiger partial charge is 0.142 e. The number of nitrogens with zero attached hydrogens (tertiary/aromatic N) is 3. The molecule has 1 aliphatic rings. The molecule has 0 aromatic carbocycles. The van der Waals surface area contributed by atoms with Crippen LogP contribution in [0.2, 0.25) is 0 Å². The molecule has 2 aromatic rings. The lowest BCUT2D eigenvalue weighted by Crippen LogP contribution is -2.39. The van der Waals surface area contributed by atoms with Gasteiger partial charge >= 0.3 is 0 Å². The fourth-order valence-electron chi connectivity index (χ4n) is 2.95. The highest BCUT2D eigenvalue weighted by molar-refractivity contribution is 5.87. The third-order valence-electron chi connectivity index (χ3n) is 3.50. The number of rotatable bonds is 1. The van der Waals surface area contributed by atoms with Crippen LogP contribution in [0.15, 0.2) is 18.6 Å². The van der Waals surface area contributed by atoms with Crippen molar-refractivity contribution in [2.75, 3.05) is 18.0 Å². The van der Waals surface area contributed by atoms with Crippen molar-refractivity contribution in [1.29, 1.82) is 0 Å². The molecule has 1 aliphatic heterocycles. The molecule has 0 radical (unpaired) electrons. The fraction of sp³-hybridized carbons (Fsp3) is 0.538. The van der Waals surface area contributed by atoms with Gasteiger partial charge in [0.25, 0.3) is 0 Å². The Morgan fingerprint density at radius 3 is 2.76 bits per heavy atom. The monoisotopic (exact) mass is 230 g/mol. The Balaban J connectivity index is 2.00. The molecule has 1 fully saturated rings. The van der Waals surface area contributed by atoms with E-state index in [1.54, 1.807) is 6.33 Å². The summed E-state index contributed by atoms with van der Waals surface area (Å²) in [7, 11) is 0. The molecular weight excluding hydrogens is 212 g/mol. The topological polar surface area (TPSA) is 44.8 Å². The summed E-state index contributed by atoms with van der Waals surface area (Å²) in [4.78, 5) is 14.3. The predicted octanol–water partition coefficient (Wildman–Crippen LogP) is 2.44. The zero-order chi connectivity index (χ0) is 11.8. The second kappa shape index (κ2) is 4.02. The number of aromatic amines is 1. The van der Waals surface area contributed by atoms with E-state index in [4.69, 9.17) is 0 Å². The highest BCUT2D eigenvalue weighted by atomic mass is 15.2. The lowest BCUT2D eigenvalue weighted by Gasteiger charge is -2.35. The predicted molar refractivity (Wildman–Crippen MR) is 69.0 cm³/mol. The summed E-state index contributed by atoms with van der Waals surface area (Å²) in [5.74, 6) is 2.56. The van der Waals surface area contributed by atoms with Crippen LogP contribution in [0, 0.1) is 11.8 Å². The van der Waals surface area contributed by atoms with Crippen LogP contribution in [0.4, 0.5) is 5.82 Å². The third-order valence-corrected chi connectivity index (χ3v) is 3.50. The van der Waals surface area contributed by atoms with Crippen molar-refractivity contribution in [3.05, 3.63) is 18.6 Å². The minimum absolute atomic E-state index is 0.739. The molecule has 3 heterocycles. The van der Waals surface area contributed by atoms with E-state index in [0.717, 1.165) is 41.8 Å². The summed E-state index contributed by atoms with van der Waals surface area (Å²) in [5.41, 5.74) is 0.931. The standard InChI is InChI=1S/C13H18N4/c1-9-5-10(2)7-17(6-9)13-11-3-4-14-12(11)15-8-16-13/h3-4,8-10H,5-7H2,1-2H3,(H,14,15,16). The molecule has 0 aliphatic carbocycles. The van der Waals surface area contributed by atoms with Crippen molar-refractivity contribution in [3.63, 3.8) is 0 Å². The molecule has 0 saturated carbocycles. The Morgan fingerprint density at radius 1 is 1.24 bits per heavy atom. The van der Waals surface area contributed by atoms with Gasteiger partial charge in [-0.2, -0.15) is 0 Å². The van der Waals surface area contributed by atoms with Crippen LogP contribution >= 0.6 is 0 Å². The molecule has 0 spiro atoms. The van der Waals surface area contributed by atoms with Crippen LogP contribution in [0.3, 0.4) is 0 Å². The van der Waals surface area contributed by atoms with Gasteiger partial charge in [0, 0.05) is 19.3 Å². The Bertz CT molecular complexity index is 509. The third kappa shape index (κ3) is 1.88. The molecule has 3 rings (SSSR count). The van der Waals surface area contributed by atoms with E-state index in [0.29, 0.717) is 0 Å². The number of nitrogens with one attached hydrogen (secondary N) is 1. The van der Waals surface area contributed by atoms with Crippen LogP contribution in [-0.4, -0.2) is 28.0 Å². The molecule has 4 heteroatoms. The first-order valence-electron chi connectivity index (χ1n) is 6.27. The molecule has 2 atom stereocenters. The average Bonchev–Trinajstić information content (AvgIpc) is 2.75. The van der Waals surface area contributed by atoms with Gasteiger partial charge < -0.3 is 9.88 Å². The summed E-state index contributed by atoms with van der Waals surface area (Å²) in [6, 6.07) is 2.06. The van der Waals surface area contributed by atoms with Gasteiger partial charge in [-0.15, -0.1) is 0 Å². The van der Waals surface area contributed by atoms with Gasteiger partial charge in [-0.1, -0.05) is 13.8 Å². The summed E-state index contributed by atoms with van der Waals surface area (Å²) in [6.07, 6.45) is 4.90. The number of piperidine rings is 1. The molecule has 1 saturated heterocycles. The maximum absolute atomic E-state index is 4.47. The van der Waals surface area contributed by atoms with E-state index in [-0.39, 0.29) is 0 Å². The number of anilines is 1. The van der Waals surface area contributed by atoms with Crippen molar-refractivity contribution < 1.29 is 0 Å². The summed E-state index contributed by atoms with van der Waals surface area (Å²) >= 11 is 0. The van der Waals surface area contributed by atoms with Crippen LogP contribution in [0.1, 0.15) is 20.3 Å². The molecule has 1 N–H and O–H groups in total. The van der Waals surface area contributed by atoms with Crippen molar-refractivity contribution in [3.8, 4) is 0 Å². The lowest BCUT2D eigenvalue weighted by molar-refractivity contribution is 0.356. The van der Waals surface area contributed by atoms with E-state index in [2.05, 4.69) is 39.8 Å². The largest absolute Gasteiger partial charge is 0.355 e. The molecular formula is C13H18N4. The number of fused-ring (bicyclic) bond motifs is 1. The quantitative estimate of drug-likeness (QED) is 0.818. The highest BCUT2D eigenvalue weighted by Gasteiger charge is 2.24. The number of H-pyrrole nitrogens is 1. The Labute approximate surface area is 101 Å². The van der Waals surface area contributed by atoms with Gasteiger partial charge in [-0.25, -0.2) is 9.97 Å². The molecule has 4 nitrogen and oxygen atoms in total. The van der Waals surface area contributed by atoms with E-state index in [9.17, 15) is 0 Å². The van der Waals surface area contributed by atoms with Crippen molar-refractivity contribution >= 4 is 16.9 Å². The van der Waals surface area contributed by atoms with Gasteiger partial charge in [0.05, 0.1) is 5.39 Å². The van der Waals surface area contributed by atoms with Crippen molar-refractivity contribution in [2.24, 2.45) is 11.8 Å². The van der Waals surface area contributed by atoms with Gasteiger partial charge in [0.15, 0.2) is 0 Å².